The third kappa shape index (κ3) is 3.39. The monoisotopic (exact) mass is 358 g/mol. The number of esters is 1. The van der Waals surface area contributed by atoms with E-state index in [0.29, 0.717) is 34.1 Å². The number of benzene rings is 1. The molecule has 0 aliphatic rings. The van der Waals surface area contributed by atoms with Crippen LogP contribution in [0.25, 0.3) is 11.0 Å². The molecule has 3 aromatic rings. The Labute approximate surface area is 148 Å². The lowest BCUT2D eigenvalue weighted by Crippen LogP contribution is -2.10. The summed E-state index contributed by atoms with van der Waals surface area (Å²) in [7, 11) is 0. The van der Waals surface area contributed by atoms with E-state index < -0.39 is 0 Å². The molecule has 1 N–H and O–H groups in total. The molecule has 0 aliphatic heterocycles. The van der Waals surface area contributed by atoms with E-state index in [4.69, 9.17) is 4.74 Å². The van der Waals surface area contributed by atoms with Gasteiger partial charge in [-0.15, -0.1) is 16.4 Å². The highest BCUT2D eigenvalue weighted by atomic mass is 32.1. The van der Waals surface area contributed by atoms with E-state index in [2.05, 4.69) is 15.6 Å². The molecular weight excluding hydrogens is 340 g/mol. The van der Waals surface area contributed by atoms with Crippen LogP contribution in [0.4, 0.5) is 5.00 Å². The lowest BCUT2D eigenvalue weighted by molar-refractivity contribution is 0.0531. The van der Waals surface area contributed by atoms with Gasteiger partial charge in [0, 0.05) is 12.1 Å². The van der Waals surface area contributed by atoms with Gasteiger partial charge in [-0.05, 0) is 50.6 Å². The maximum Gasteiger partial charge on any atom is 0.348 e. The van der Waals surface area contributed by atoms with E-state index in [1.807, 2.05) is 19.9 Å². The average Bonchev–Trinajstić information content (AvgIpc) is 3.17. The smallest absolute Gasteiger partial charge is 0.348 e. The van der Waals surface area contributed by atoms with Crippen LogP contribution in [-0.4, -0.2) is 33.5 Å². The zero-order valence-corrected chi connectivity index (χ0v) is 15.0. The lowest BCUT2D eigenvalue weighted by Gasteiger charge is -2.03. The Morgan fingerprint density at radius 2 is 2.08 bits per heavy atom. The van der Waals surface area contributed by atoms with Crippen LogP contribution in [0.1, 0.15) is 39.4 Å². The summed E-state index contributed by atoms with van der Waals surface area (Å²) in [6.45, 7) is 6.58. The van der Waals surface area contributed by atoms with E-state index in [-0.39, 0.29) is 11.9 Å². The van der Waals surface area contributed by atoms with Gasteiger partial charge in [0.1, 0.15) is 10.4 Å². The number of nitrogens with zero attached hydrogens (tertiary/aromatic N) is 3. The summed E-state index contributed by atoms with van der Waals surface area (Å²) in [5.74, 6) is -0.632. The molecule has 0 spiro atoms. The first-order valence-electron chi connectivity index (χ1n) is 7.95. The molecule has 0 fully saturated rings. The molecule has 2 heterocycles. The van der Waals surface area contributed by atoms with Gasteiger partial charge in [-0.1, -0.05) is 5.21 Å². The van der Waals surface area contributed by atoms with Crippen LogP contribution in [0.2, 0.25) is 0 Å². The maximum atomic E-state index is 12.5. The van der Waals surface area contributed by atoms with Gasteiger partial charge in [0.15, 0.2) is 0 Å². The molecule has 0 saturated carbocycles. The van der Waals surface area contributed by atoms with Gasteiger partial charge in [0.25, 0.3) is 5.91 Å². The number of aryl methyl sites for hydroxylation is 2. The summed E-state index contributed by atoms with van der Waals surface area (Å²) in [4.78, 5) is 24.8. The predicted molar refractivity (Wildman–Crippen MR) is 96.2 cm³/mol. The van der Waals surface area contributed by atoms with E-state index in [1.54, 1.807) is 29.8 Å². The molecule has 8 heteroatoms. The third-order valence-corrected chi connectivity index (χ3v) is 4.82. The van der Waals surface area contributed by atoms with Crippen molar-refractivity contribution >= 4 is 39.2 Å². The third-order valence-electron chi connectivity index (χ3n) is 3.69. The number of thiophene rings is 1. The number of carbonyl (C=O) groups excluding carboxylic acids is 2. The Bertz CT molecular complexity index is 945. The second-order valence-corrected chi connectivity index (χ2v) is 6.46. The van der Waals surface area contributed by atoms with Crippen molar-refractivity contribution in [1.82, 2.24) is 15.0 Å². The van der Waals surface area contributed by atoms with Crippen molar-refractivity contribution in [2.45, 2.75) is 27.3 Å². The number of anilines is 1. The normalized spacial score (nSPS) is 10.8. The highest BCUT2D eigenvalue weighted by molar-refractivity contribution is 7.18. The first-order chi connectivity index (χ1) is 12.0. The molecular formula is C17H18N4O3S. The van der Waals surface area contributed by atoms with Crippen LogP contribution in [0.5, 0.6) is 0 Å². The quantitative estimate of drug-likeness (QED) is 0.708. The van der Waals surface area contributed by atoms with Crippen molar-refractivity contribution in [2.24, 2.45) is 0 Å². The van der Waals surface area contributed by atoms with E-state index in [1.165, 1.54) is 11.3 Å². The fourth-order valence-corrected chi connectivity index (χ4v) is 3.44. The fraction of sp³-hybridized carbons (Fsp3) is 0.294. The Morgan fingerprint density at radius 1 is 1.28 bits per heavy atom. The Hall–Kier alpha value is -2.74. The van der Waals surface area contributed by atoms with Gasteiger partial charge in [-0.2, -0.15) is 0 Å². The van der Waals surface area contributed by atoms with Crippen molar-refractivity contribution in [3.05, 3.63) is 40.3 Å². The van der Waals surface area contributed by atoms with Gasteiger partial charge in [-0.3, -0.25) is 4.79 Å². The number of ether oxygens (including phenoxy) is 1. The Balaban J connectivity index is 1.80. The van der Waals surface area contributed by atoms with E-state index in [0.717, 1.165) is 11.1 Å². The highest BCUT2D eigenvalue weighted by Gasteiger charge is 2.17. The van der Waals surface area contributed by atoms with E-state index in [9.17, 15) is 9.59 Å². The van der Waals surface area contributed by atoms with Crippen LogP contribution < -0.4 is 5.32 Å². The number of carbonyl (C=O) groups is 2. The molecule has 0 aliphatic carbocycles. The summed E-state index contributed by atoms with van der Waals surface area (Å²) < 4.78 is 6.78. The van der Waals surface area contributed by atoms with Gasteiger partial charge in [0.2, 0.25) is 0 Å². The number of amides is 1. The lowest BCUT2D eigenvalue weighted by atomic mass is 10.2. The van der Waals surface area contributed by atoms with Crippen LogP contribution in [0, 0.1) is 6.92 Å². The molecule has 0 radical (unpaired) electrons. The second-order valence-electron chi connectivity index (χ2n) is 5.41. The summed E-state index contributed by atoms with van der Waals surface area (Å²) in [5, 5.41) is 11.5. The summed E-state index contributed by atoms with van der Waals surface area (Å²) in [6.07, 6.45) is 0. The van der Waals surface area contributed by atoms with Crippen LogP contribution in [0.3, 0.4) is 0 Å². The molecule has 0 atom stereocenters. The zero-order chi connectivity index (χ0) is 18.0. The number of hydrogen-bond donors (Lipinski definition) is 1. The molecule has 25 heavy (non-hydrogen) atoms. The van der Waals surface area contributed by atoms with E-state index >= 15 is 0 Å². The first-order valence-corrected chi connectivity index (χ1v) is 8.77. The minimum Gasteiger partial charge on any atom is -0.462 e. The molecule has 3 rings (SSSR count). The highest BCUT2D eigenvalue weighted by Crippen LogP contribution is 2.28. The molecule has 1 amide bonds. The fourth-order valence-electron chi connectivity index (χ4n) is 2.47. The van der Waals surface area contributed by atoms with Gasteiger partial charge in [-0.25, -0.2) is 9.48 Å². The number of aromatic nitrogens is 3. The summed E-state index contributed by atoms with van der Waals surface area (Å²) in [6, 6.07) is 7.04. The molecule has 0 unspecified atom stereocenters. The average molecular weight is 358 g/mol. The van der Waals surface area contributed by atoms with Crippen molar-refractivity contribution in [2.75, 3.05) is 11.9 Å². The second kappa shape index (κ2) is 7.02. The predicted octanol–water partition coefficient (Wildman–Crippen LogP) is 3.25. The summed E-state index contributed by atoms with van der Waals surface area (Å²) >= 11 is 1.20. The van der Waals surface area contributed by atoms with Crippen molar-refractivity contribution in [1.29, 1.82) is 0 Å². The SMILES string of the molecule is CCOC(=O)c1sc(NC(=O)c2ccc3c(c2)nnn3CC)cc1C. The minimum atomic E-state index is -0.372. The molecule has 7 nitrogen and oxygen atoms in total. The first kappa shape index (κ1) is 17.1. The van der Waals surface area contributed by atoms with Gasteiger partial charge < -0.3 is 10.1 Å². The van der Waals surface area contributed by atoms with Crippen molar-refractivity contribution in [3.63, 3.8) is 0 Å². The standard InChI is InChI=1S/C17H18N4O3S/c1-4-21-13-7-6-11(9-12(13)19-20-21)16(22)18-14-8-10(3)15(25-14)17(23)24-5-2/h6-9H,4-5H2,1-3H3,(H,18,22). The Morgan fingerprint density at radius 3 is 2.80 bits per heavy atom. The van der Waals surface area contributed by atoms with Crippen LogP contribution >= 0.6 is 11.3 Å². The largest absolute Gasteiger partial charge is 0.462 e. The van der Waals surface area contributed by atoms with Crippen molar-refractivity contribution < 1.29 is 14.3 Å². The summed E-state index contributed by atoms with van der Waals surface area (Å²) in [5.41, 5.74) is 2.82. The molecule has 0 bridgehead atoms. The Kier molecular flexibility index (Phi) is 4.80. The van der Waals surface area contributed by atoms with Gasteiger partial charge >= 0.3 is 5.97 Å². The number of rotatable bonds is 5. The molecule has 0 saturated heterocycles. The van der Waals surface area contributed by atoms with Gasteiger partial charge in [0.05, 0.1) is 17.1 Å². The number of hydrogen-bond acceptors (Lipinski definition) is 6. The number of nitrogens with one attached hydrogen (secondary N) is 1. The van der Waals surface area contributed by atoms with Crippen LogP contribution in [-0.2, 0) is 11.3 Å². The number of fused-ring (bicyclic) bond motifs is 1. The molecule has 1 aromatic carbocycles. The molecule has 2 aromatic heterocycles. The minimum absolute atomic E-state index is 0.260. The zero-order valence-electron chi connectivity index (χ0n) is 14.2. The topological polar surface area (TPSA) is 86.1 Å². The maximum absolute atomic E-state index is 12.5. The van der Waals surface area contributed by atoms with Crippen LogP contribution in [0.15, 0.2) is 24.3 Å². The molecule has 130 valence electrons. The van der Waals surface area contributed by atoms with Crippen molar-refractivity contribution in [3.8, 4) is 0 Å².